The number of imidazole rings is 1. The Morgan fingerprint density at radius 3 is 2.25 bits per heavy atom. The maximum atomic E-state index is 9.00. The summed E-state index contributed by atoms with van der Waals surface area (Å²) in [5.41, 5.74) is 5.75. The van der Waals surface area contributed by atoms with Crippen LogP contribution in [0, 0.1) is 116 Å². The summed E-state index contributed by atoms with van der Waals surface area (Å²) in [7, 11) is 0. The second kappa shape index (κ2) is 15.6. The molecule has 2 radical (unpaired) electrons. The first-order valence-electron chi connectivity index (χ1n) is 9.18. The summed E-state index contributed by atoms with van der Waals surface area (Å²) in [4.78, 5) is 13.8. The maximum Gasteiger partial charge on any atom is 0.0992 e. The molecule has 0 saturated carbocycles. The Kier molecular flexibility index (Phi) is 15.5. The average Bonchev–Trinajstić information content (AvgIpc) is 3.10. The fraction of sp³-hybridized carbons (Fsp3) is 0.120. The predicted molar refractivity (Wildman–Crippen MR) is 116 cm³/mol. The fourth-order valence-corrected chi connectivity index (χ4v) is 3.41. The molecule has 32 heavy (non-hydrogen) atoms. The summed E-state index contributed by atoms with van der Waals surface area (Å²) in [6.07, 6.45) is 5.63. The quantitative estimate of drug-likeness (QED) is 0.171. The van der Waals surface area contributed by atoms with Crippen molar-refractivity contribution in [3.05, 3.63) is 96.1 Å². The molecule has 0 aliphatic rings. The third kappa shape index (κ3) is 7.64. The Bertz CT molecular complexity index is 1160. The van der Waals surface area contributed by atoms with Gasteiger partial charge in [-0.15, -0.1) is 29.1 Å². The molecule has 0 atom stereocenters. The second-order valence-electron chi connectivity index (χ2n) is 6.61. The molecule has 0 fully saturated rings. The molecule has 1 heterocycles. The topological polar surface area (TPSA) is 55.1 Å². The number of aliphatic hydroxyl groups is 1. The molecule has 3 aromatic carbocycles. The number of hydrogen-bond acceptors (Lipinski definition) is 3. The number of nitrogens with zero attached hydrogens (tertiary/aromatic N) is 2. The van der Waals surface area contributed by atoms with Crippen molar-refractivity contribution in [2.24, 2.45) is 0 Å². The van der Waals surface area contributed by atoms with E-state index in [1.165, 1.54) is 40.1 Å². The molecule has 0 aliphatic heterocycles. The van der Waals surface area contributed by atoms with Crippen molar-refractivity contribution in [1.82, 2.24) is 9.55 Å². The van der Waals surface area contributed by atoms with E-state index in [0.29, 0.717) is 0 Å². The summed E-state index contributed by atoms with van der Waals surface area (Å²) >= 11 is 0. The molecule has 0 spiro atoms. The minimum Gasteiger partial charge on any atom is -0.708 e. The van der Waals surface area contributed by atoms with Crippen LogP contribution in [0.5, 0.6) is 0 Å². The number of allylic oxidation sites excluding steroid dienone is 1. The van der Waals surface area contributed by atoms with Crippen molar-refractivity contribution >= 4 is 17.1 Å². The van der Waals surface area contributed by atoms with Crippen molar-refractivity contribution in [3.63, 3.8) is 0 Å². The van der Waals surface area contributed by atoms with E-state index in [4.69, 9.17) is 14.9 Å². The molecule has 162 valence electrons. The molecule has 0 amide bonds. The number of carbonyl (C=O) groups excluding carboxylic acids is 1. The van der Waals surface area contributed by atoms with Gasteiger partial charge in [-0.05, 0) is 38.1 Å². The number of para-hydroxylation sites is 1. The van der Waals surface area contributed by atoms with Crippen molar-refractivity contribution in [2.75, 3.05) is 0 Å². The van der Waals surface area contributed by atoms with E-state index in [9.17, 15) is 0 Å². The molecule has 0 unspecified atom stereocenters. The van der Waals surface area contributed by atoms with E-state index >= 15 is 0 Å². The number of aromatic nitrogens is 2. The first-order valence-corrected chi connectivity index (χ1v) is 9.18. The Morgan fingerprint density at radius 2 is 1.66 bits per heavy atom. The molecular weight excluding hydrogens is 837 g/mol. The first kappa shape index (κ1) is 31.8. The fourth-order valence-electron chi connectivity index (χ4n) is 3.41. The third-order valence-electron chi connectivity index (χ3n) is 4.66. The van der Waals surface area contributed by atoms with Gasteiger partial charge >= 0.3 is 0 Å². The van der Waals surface area contributed by atoms with Gasteiger partial charge in [0.2, 0.25) is 0 Å². The molecule has 0 aliphatic carbocycles. The molecule has 1 aromatic heterocycles. The summed E-state index contributed by atoms with van der Waals surface area (Å²) in [6, 6.07) is 22.2. The number of fused-ring (bicyclic) bond motifs is 1. The van der Waals surface area contributed by atoms with Gasteiger partial charge in [0.05, 0.1) is 11.5 Å². The summed E-state index contributed by atoms with van der Waals surface area (Å²) < 4.78 is 2.19. The summed E-state index contributed by atoms with van der Waals surface area (Å²) in [5, 5.41) is 9.90. The normalized spacial score (nSPS) is 9.72. The predicted octanol–water partition coefficient (Wildman–Crippen LogP) is 5.39. The zero-order valence-corrected chi connectivity index (χ0v) is 27.8. The summed E-state index contributed by atoms with van der Waals surface area (Å²) in [5.74, 6) is 0.990. The SMILES string of the molecule is Cc1cccc(C)c1-n1cc(-c2[c-]ccc3ccccc23)nc1C.O=[C-]C=[C-]O.[Pr].[Pr].[Pt]. The maximum absolute atomic E-state index is 9.00. The number of rotatable bonds is 3. The Morgan fingerprint density at radius 1 is 1.00 bits per heavy atom. The van der Waals surface area contributed by atoms with Crippen LogP contribution in [-0.2, 0) is 25.9 Å². The van der Waals surface area contributed by atoms with E-state index in [1.54, 1.807) is 0 Å². The number of aryl methyl sites for hydroxylation is 3. The van der Waals surface area contributed by atoms with Crippen LogP contribution in [-0.4, -0.2) is 20.9 Å². The first-order chi connectivity index (χ1) is 14.1. The number of hydrogen-bond donors (Lipinski definition) is 1. The molecule has 0 saturated heterocycles. The van der Waals surface area contributed by atoms with Crippen LogP contribution >= 0.6 is 0 Å². The van der Waals surface area contributed by atoms with Crippen LogP contribution in [0.4, 0.5) is 0 Å². The van der Waals surface area contributed by atoms with Crippen molar-refractivity contribution < 1.29 is 114 Å². The van der Waals surface area contributed by atoms with E-state index in [2.05, 4.69) is 86.1 Å². The van der Waals surface area contributed by atoms with Crippen LogP contribution < -0.4 is 0 Å². The molecule has 0 bridgehead atoms. The molecule has 1 N–H and O–H groups in total. The van der Waals surface area contributed by atoms with Crippen molar-refractivity contribution in [3.8, 4) is 16.9 Å². The van der Waals surface area contributed by atoms with Crippen LogP contribution in [0.1, 0.15) is 17.0 Å². The monoisotopic (exact) mass is 858 g/mol. The molecular formula is C25H21N2O2Pr2Pt-3. The second-order valence-corrected chi connectivity index (χ2v) is 6.61. The summed E-state index contributed by atoms with van der Waals surface area (Å²) in [6.45, 7) is 6.34. The van der Waals surface area contributed by atoms with Crippen molar-refractivity contribution in [1.29, 1.82) is 0 Å². The molecule has 4 rings (SSSR count). The third-order valence-corrected chi connectivity index (χ3v) is 4.66. The van der Waals surface area contributed by atoms with Gasteiger partial charge in [-0.2, -0.15) is 0 Å². The number of aliphatic hydroxyl groups excluding tert-OH is 1. The zero-order chi connectivity index (χ0) is 20.8. The number of benzene rings is 3. The van der Waals surface area contributed by atoms with Gasteiger partial charge in [0.1, 0.15) is 0 Å². The van der Waals surface area contributed by atoms with Gasteiger partial charge < -0.3 is 26.8 Å². The minimum absolute atomic E-state index is 0. The van der Waals surface area contributed by atoms with Crippen LogP contribution in [0.2, 0.25) is 0 Å². The van der Waals surface area contributed by atoms with Crippen LogP contribution in [0.25, 0.3) is 27.7 Å². The smallest absolute Gasteiger partial charge is 0.0992 e. The zero-order valence-electron chi connectivity index (χ0n) is 18.1. The van der Waals surface area contributed by atoms with Gasteiger partial charge in [-0.25, -0.2) is 0 Å². The molecule has 4 aromatic rings. The molecule has 4 nitrogen and oxygen atoms in total. The van der Waals surface area contributed by atoms with E-state index in [0.717, 1.165) is 23.2 Å². The minimum atomic E-state index is 0. The van der Waals surface area contributed by atoms with Gasteiger partial charge in [0.15, 0.2) is 0 Å². The van der Waals surface area contributed by atoms with E-state index in [-0.39, 0.29) is 104 Å². The van der Waals surface area contributed by atoms with Crippen molar-refractivity contribution in [2.45, 2.75) is 20.8 Å². The van der Waals surface area contributed by atoms with E-state index < -0.39 is 0 Å². The Labute approximate surface area is 270 Å². The van der Waals surface area contributed by atoms with Crippen LogP contribution in [0.15, 0.2) is 66.9 Å². The Balaban J connectivity index is 0.00000109. The average molecular weight is 858 g/mol. The largest absolute Gasteiger partial charge is 0.708 e. The van der Waals surface area contributed by atoms with Gasteiger partial charge in [0, 0.05) is 109 Å². The standard InChI is InChI=1S/C22H19N2.C3H2O2.2Pr.Pt/c1-15-8-6-9-16(2)22(15)24-14-21(23-17(24)3)20-13-7-11-18-10-4-5-12-19(18)20;4-2-1-3-5;;;/h4-12,14H,1-3H3;1,4H;;;/q-1;-2;;;. The Hall–Kier alpha value is -0.244. The van der Waals surface area contributed by atoms with Crippen LogP contribution in [0.3, 0.4) is 0 Å². The molecule has 7 heteroatoms. The van der Waals surface area contributed by atoms with E-state index in [1.807, 2.05) is 6.07 Å². The van der Waals surface area contributed by atoms with Gasteiger partial charge in [-0.3, -0.25) is 11.3 Å². The van der Waals surface area contributed by atoms with Gasteiger partial charge in [0.25, 0.3) is 0 Å². The van der Waals surface area contributed by atoms with Gasteiger partial charge in [-0.1, -0.05) is 47.9 Å².